The highest BCUT2D eigenvalue weighted by molar-refractivity contribution is 7.97. The third kappa shape index (κ3) is 4.32. The zero-order valence-electron chi connectivity index (χ0n) is 17.3. The number of carbonyl (C=O) groups excluding carboxylic acids is 2. The smallest absolute Gasteiger partial charge is 0.329 e. The molecule has 0 saturated carbocycles. The van der Waals surface area contributed by atoms with E-state index in [9.17, 15) is 9.59 Å². The van der Waals surface area contributed by atoms with Crippen LogP contribution in [0.1, 0.15) is 45.6 Å². The SMILES string of the molecule is COCCNC(=O)c1cc(SNC(=O)Nc2c3c(cc4c2CCC4)CCC3)nn1C. The number of aryl methyl sites for hydroxylation is 3. The van der Waals surface area contributed by atoms with Crippen molar-refractivity contribution in [2.24, 2.45) is 7.05 Å². The minimum atomic E-state index is -0.272. The van der Waals surface area contributed by atoms with Crippen LogP contribution in [0.5, 0.6) is 0 Å². The van der Waals surface area contributed by atoms with Gasteiger partial charge in [-0.1, -0.05) is 6.07 Å². The molecule has 3 N–H and O–H groups in total. The van der Waals surface area contributed by atoms with Crippen LogP contribution in [0.15, 0.2) is 17.2 Å². The van der Waals surface area contributed by atoms with Gasteiger partial charge >= 0.3 is 6.03 Å². The Morgan fingerprint density at radius 1 is 1.13 bits per heavy atom. The number of nitrogens with one attached hydrogen (secondary N) is 3. The number of rotatable bonds is 7. The maximum Gasteiger partial charge on any atom is 0.329 e. The summed E-state index contributed by atoms with van der Waals surface area (Å²) < 4.78 is 9.24. The van der Waals surface area contributed by atoms with Gasteiger partial charge in [-0.3, -0.25) is 14.2 Å². The van der Waals surface area contributed by atoms with E-state index in [1.807, 2.05) is 0 Å². The lowest BCUT2D eigenvalue weighted by molar-refractivity contribution is 0.0927. The third-order valence-electron chi connectivity index (χ3n) is 5.64. The van der Waals surface area contributed by atoms with E-state index in [-0.39, 0.29) is 11.9 Å². The molecule has 0 saturated heterocycles. The average Bonchev–Trinajstić information content (AvgIpc) is 3.45. The number of methoxy groups -OCH3 is 1. The first-order chi connectivity index (χ1) is 14.6. The standard InChI is InChI=1S/C21H27N5O3S/c1-26-17(20(27)22-9-10-29-2)12-18(24-26)30-25-21(28)23-19-15-7-3-5-13(15)11-14-6-4-8-16(14)19/h11-12H,3-10H2,1-2H3,(H,22,27)(H2,23,25,28). The fraction of sp³-hybridized carbons (Fsp3) is 0.476. The van der Waals surface area contributed by atoms with Gasteiger partial charge in [-0.25, -0.2) is 4.79 Å². The Hall–Kier alpha value is -2.52. The van der Waals surface area contributed by atoms with E-state index in [2.05, 4.69) is 26.5 Å². The van der Waals surface area contributed by atoms with E-state index in [1.54, 1.807) is 20.2 Å². The van der Waals surface area contributed by atoms with Crippen LogP contribution in [0.25, 0.3) is 0 Å². The summed E-state index contributed by atoms with van der Waals surface area (Å²) in [5.41, 5.74) is 6.79. The monoisotopic (exact) mass is 429 g/mol. The zero-order chi connectivity index (χ0) is 21.1. The summed E-state index contributed by atoms with van der Waals surface area (Å²) in [5.74, 6) is -0.228. The predicted octanol–water partition coefficient (Wildman–Crippen LogP) is 2.60. The summed E-state index contributed by atoms with van der Waals surface area (Å²) in [4.78, 5) is 24.8. The number of anilines is 1. The van der Waals surface area contributed by atoms with Gasteiger partial charge in [-0.05, 0) is 60.8 Å². The quantitative estimate of drug-likeness (QED) is 0.464. The van der Waals surface area contributed by atoms with Crippen LogP contribution in [0.4, 0.5) is 10.5 Å². The third-order valence-corrected chi connectivity index (χ3v) is 6.34. The lowest BCUT2D eigenvalue weighted by Gasteiger charge is -2.16. The van der Waals surface area contributed by atoms with Gasteiger partial charge in [0.1, 0.15) is 10.7 Å². The molecule has 160 valence electrons. The number of carbonyl (C=O) groups is 2. The molecule has 2 aromatic rings. The molecule has 3 amide bonds. The minimum absolute atomic E-state index is 0.228. The molecule has 2 aliphatic carbocycles. The van der Waals surface area contributed by atoms with E-state index >= 15 is 0 Å². The molecule has 2 aliphatic rings. The van der Waals surface area contributed by atoms with E-state index in [0.717, 1.165) is 56.2 Å². The number of hydrogen-bond donors (Lipinski definition) is 3. The lowest BCUT2D eigenvalue weighted by Crippen LogP contribution is -2.28. The highest BCUT2D eigenvalue weighted by Gasteiger charge is 2.25. The molecule has 1 heterocycles. The van der Waals surface area contributed by atoms with Crippen molar-refractivity contribution in [3.05, 3.63) is 40.1 Å². The Balaban J connectivity index is 1.39. The molecule has 0 spiro atoms. The second-order valence-corrected chi connectivity index (χ2v) is 8.46. The summed E-state index contributed by atoms with van der Waals surface area (Å²) in [5, 5.41) is 10.7. The lowest BCUT2D eigenvalue weighted by atomic mass is 9.99. The van der Waals surface area contributed by atoms with Crippen LogP contribution >= 0.6 is 11.9 Å². The van der Waals surface area contributed by atoms with Crippen LogP contribution < -0.4 is 15.4 Å². The van der Waals surface area contributed by atoms with Gasteiger partial charge in [-0.2, -0.15) is 5.10 Å². The molecular weight excluding hydrogens is 402 g/mol. The summed E-state index contributed by atoms with van der Waals surface area (Å²) in [6, 6.07) is 3.73. The Labute approximate surface area is 180 Å². The van der Waals surface area contributed by atoms with Crippen LogP contribution in [0, 0.1) is 0 Å². The first kappa shape index (κ1) is 20.7. The molecule has 4 rings (SSSR count). The number of urea groups is 1. The molecule has 0 radical (unpaired) electrons. The first-order valence-corrected chi connectivity index (χ1v) is 11.1. The second-order valence-electron chi connectivity index (χ2n) is 7.63. The number of fused-ring (bicyclic) bond motifs is 2. The van der Waals surface area contributed by atoms with Crippen molar-refractivity contribution >= 4 is 29.6 Å². The van der Waals surface area contributed by atoms with E-state index in [4.69, 9.17) is 4.74 Å². The van der Waals surface area contributed by atoms with Crippen LogP contribution in [0.3, 0.4) is 0 Å². The van der Waals surface area contributed by atoms with Gasteiger partial charge in [0, 0.05) is 44.4 Å². The zero-order valence-corrected chi connectivity index (χ0v) is 18.2. The fourth-order valence-corrected chi connectivity index (χ4v) is 4.85. The average molecular weight is 430 g/mol. The van der Waals surface area contributed by atoms with Gasteiger partial charge in [0.05, 0.1) is 6.61 Å². The Kier molecular flexibility index (Phi) is 6.29. The van der Waals surface area contributed by atoms with Crippen LogP contribution in [0.2, 0.25) is 0 Å². The van der Waals surface area contributed by atoms with Crippen molar-refractivity contribution in [2.45, 2.75) is 43.6 Å². The first-order valence-electron chi connectivity index (χ1n) is 10.3. The Morgan fingerprint density at radius 3 is 2.50 bits per heavy atom. The van der Waals surface area contributed by atoms with E-state index in [0.29, 0.717) is 23.9 Å². The van der Waals surface area contributed by atoms with Crippen molar-refractivity contribution in [2.75, 3.05) is 25.6 Å². The van der Waals surface area contributed by atoms with Gasteiger partial charge in [0.2, 0.25) is 0 Å². The molecule has 9 heteroatoms. The summed E-state index contributed by atoms with van der Waals surface area (Å²) in [6.45, 7) is 0.870. The number of nitrogens with zero attached hydrogens (tertiary/aromatic N) is 2. The van der Waals surface area contributed by atoms with Crippen molar-refractivity contribution in [3.63, 3.8) is 0 Å². The second kappa shape index (κ2) is 9.09. The molecule has 0 unspecified atom stereocenters. The number of benzene rings is 1. The molecule has 0 fully saturated rings. The number of aromatic nitrogens is 2. The molecule has 0 bridgehead atoms. The van der Waals surface area contributed by atoms with Gasteiger partial charge in [0.15, 0.2) is 0 Å². The summed E-state index contributed by atoms with van der Waals surface area (Å²) in [6.07, 6.45) is 6.52. The number of ether oxygens (including phenoxy) is 1. The minimum Gasteiger partial charge on any atom is -0.383 e. The van der Waals surface area contributed by atoms with Crippen molar-refractivity contribution in [1.82, 2.24) is 19.8 Å². The molecule has 1 aromatic carbocycles. The van der Waals surface area contributed by atoms with Gasteiger partial charge < -0.3 is 15.4 Å². The molecule has 0 atom stereocenters. The highest BCUT2D eigenvalue weighted by Crippen LogP contribution is 2.38. The van der Waals surface area contributed by atoms with Gasteiger partial charge in [0.25, 0.3) is 5.91 Å². The largest absolute Gasteiger partial charge is 0.383 e. The van der Waals surface area contributed by atoms with Crippen LogP contribution in [-0.4, -0.2) is 42.0 Å². The number of amides is 3. The van der Waals surface area contributed by atoms with E-state index in [1.165, 1.54) is 26.9 Å². The fourth-order valence-electron chi connectivity index (χ4n) is 4.27. The van der Waals surface area contributed by atoms with Crippen molar-refractivity contribution in [3.8, 4) is 0 Å². The van der Waals surface area contributed by atoms with E-state index < -0.39 is 0 Å². The maximum absolute atomic E-state index is 12.6. The Morgan fingerprint density at radius 2 is 1.83 bits per heavy atom. The summed E-state index contributed by atoms with van der Waals surface area (Å²) in [7, 11) is 3.28. The summed E-state index contributed by atoms with van der Waals surface area (Å²) >= 11 is 1.10. The Bertz CT molecular complexity index is 940. The molecule has 0 aliphatic heterocycles. The maximum atomic E-state index is 12.6. The van der Waals surface area contributed by atoms with Crippen molar-refractivity contribution < 1.29 is 14.3 Å². The molecule has 30 heavy (non-hydrogen) atoms. The normalized spacial score (nSPS) is 14.3. The van der Waals surface area contributed by atoms with Crippen molar-refractivity contribution in [1.29, 1.82) is 0 Å². The highest BCUT2D eigenvalue weighted by atomic mass is 32.2. The number of hydrogen-bond acceptors (Lipinski definition) is 5. The van der Waals surface area contributed by atoms with Crippen LogP contribution in [-0.2, 0) is 37.5 Å². The molecular formula is C21H27N5O3S. The van der Waals surface area contributed by atoms with Gasteiger partial charge in [-0.15, -0.1) is 0 Å². The predicted molar refractivity (Wildman–Crippen MR) is 116 cm³/mol. The molecule has 1 aromatic heterocycles. The molecule has 8 nitrogen and oxygen atoms in total. The topological polar surface area (TPSA) is 97.3 Å².